The van der Waals surface area contributed by atoms with Gasteiger partial charge in [-0.05, 0) is 61.1 Å². The second kappa shape index (κ2) is 9.22. The molecule has 2 aromatic heterocycles. The zero-order valence-electron chi connectivity index (χ0n) is 18.9. The number of phenolic OH excluding ortho intramolecular Hbond substituents is 1. The van der Waals surface area contributed by atoms with Gasteiger partial charge in [0, 0.05) is 11.3 Å². The number of methoxy groups -OCH3 is 1. The number of rotatable bonds is 6. The average Bonchev–Trinajstić information content (AvgIpc) is 3.54. The van der Waals surface area contributed by atoms with Crippen molar-refractivity contribution >= 4 is 22.9 Å². The van der Waals surface area contributed by atoms with Crippen LogP contribution in [0.3, 0.4) is 0 Å². The summed E-state index contributed by atoms with van der Waals surface area (Å²) in [5.74, 6) is 1.15. The highest BCUT2D eigenvalue weighted by atomic mass is 32.1. The highest BCUT2D eigenvalue weighted by molar-refractivity contribution is 7.80. The Morgan fingerprint density at radius 1 is 1.20 bits per heavy atom. The predicted molar refractivity (Wildman–Crippen MR) is 130 cm³/mol. The summed E-state index contributed by atoms with van der Waals surface area (Å²) in [5.41, 5.74) is 2.62. The summed E-state index contributed by atoms with van der Waals surface area (Å²) in [7, 11) is 1.48. The van der Waals surface area contributed by atoms with Crippen molar-refractivity contribution in [2.24, 2.45) is 0 Å². The van der Waals surface area contributed by atoms with Gasteiger partial charge < -0.3 is 29.0 Å². The van der Waals surface area contributed by atoms with E-state index in [1.807, 2.05) is 30.0 Å². The lowest BCUT2D eigenvalue weighted by atomic mass is 9.94. The molecule has 0 fully saturated rings. The fraction of sp³-hybridized carbons (Fsp3) is 0.160. The first kappa shape index (κ1) is 22.6. The number of halogens is 1. The van der Waals surface area contributed by atoms with E-state index >= 15 is 0 Å². The Labute approximate surface area is 205 Å². The first-order valence-electron chi connectivity index (χ1n) is 10.7. The van der Waals surface area contributed by atoms with Crippen LogP contribution in [-0.2, 0) is 6.54 Å². The van der Waals surface area contributed by atoms with Crippen molar-refractivity contribution in [2.75, 3.05) is 7.11 Å². The lowest BCUT2D eigenvalue weighted by Gasteiger charge is -2.37. The molecular formula is C25H21FN4O4S. The predicted octanol–water partition coefficient (Wildman–Crippen LogP) is 5.05. The minimum absolute atomic E-state index is 0.0151. The monoisotopic (exact) mass is 492 g/mol. The Kier molecular flexibility index (Phi) is 5.96. The van der Waals surface area contributed by atoms with Crippen molar-refractivity contribution in [2.45, 2.75) is 19.5 Å². The first-order valence-corrected chi connectivity index (χ1v) is 11.1. The maximum atomic E-state index is 13.8. The normalized spacial score (nSPS) is 15.9. The topological polar surface area (TPSA) is 96.8 Å². The quantitative estimate of drug-likeness (QED) is 0.359. The maximum absolute atomic E-state index is 13.8. The number of aromatic nitrogens is 2. The standard InChI is InChI=1S/C25H21FN4O4S/c1-14-21(24-28-23(29-34-24)16-5-3-6-17(26)11-16)22(15-8-9-20(32-2)19(31)12-15)27-25(35)30(14)13-18-7-4-10-33-18/h3-12,22,31H,13H2,1-2H3,(H,27,35). The van der Waals surface area contributed by atoms with Gasteiger partial charge in [0.25, 0.3) is 5.89 Å². The van der Waals surface area contributed by atoms with Crippen LogP contribution < -0.4 is 10.1 Å². The van der Waals surface area contributed by atoms with Crippen molar-refractivity contribution in [3.05, 3.63) is 89.6 Å². The molecule has 4 aromatic rings. The number of nitrogens with zero attached hydrogens (tertiary/aromatic N) is 3. The van der Waals surface area contributed by atoms with Gasteiger partial charge in [-0.25, -0.2) is 4.39 Å². The number of thiocarbonyl (C=S) groups is 1. The second-order valence-electron chi connectivity index (χ2n) is 7.91. The van der Waals surface area contributed by atoms with Crippen molar-refractivity contribution in [3.8, 4) is 22.9 Å². The van der Waals surface area contributed by atoms with Crippen molar-refractivity contribution in [3.63, 3.8) is 0 Å². The summed E-state index contributed by atoms with van der Waals surface area (Å²) >= 11 is 5.68. The number of phenols is 1. The van der Waals surface area contributed by atoms with Crippen LogP contribution in [0.5, 0.6) is 11.5 Å². The fourth-order valence-corrected chi connectivity index (χ4v) is 4.34. The molecule has 5 rings (SSSR count). The van der Waals surface area contributed by atoms with Crippen LogP contribution in [-0.4, -0.2) is 32.4 Å². The lowest BCUT2D eigenvalue weighted by molar-refractivity contribution is 0.371. The number of nitrogens with one attached hydrogen (secondary N) is 1. The number of ether oxygens (including phenoxy) is 1. The molecule has 0 spiro atoms. The van der Waals surface area contributed by atoms with Gasteiger partial charge in [-0.3, -0.25) is 0 Å². The summed E-state index contributed by atoms with van der Waals surface area (Å²) in [6, 6.07) is 14.2. The van der Waals surface area contributed by atoms with E-state index in [-0.39, 0.29) is 17.5 Å². The Hall–Kier alpha value is -4.18. The van der Waals surface area contributed by atoms with Crippen LogP contribution in [0.4, 0.5) is 4.39 Å². The second-order valence-corrected chi connectivity index (χ2v) is 8.30. The van der Waals surface area contributed by atoms with Crippen LogP contribution >= 0.6 is 12.2 Å². The molecule has 35 heavy (non-hydrogen) atoms. The molecule has 1 aliphatic rings. The van der Waals surface area contributed by atoms with Gasteiger partial charge >= 0.3 is 0 Å². The molecule has 1 unspecified atom stereocenters. The Balaban J connectivity index is 1.61. The maximum Gasteiger partial charge on any atom is 0.258 e. The van der Waals surface area contributed by atoms with Gasteiger partial charge in [-0.15, -0.1) is 0 Å². The van der Waals surface area contributed by atoms with Crippen LogP contribution in [0.25, 0.3) is 17.0 Å². The molecule has 1 aliphatic heterocycles. The third kappa shape index (κ3) is 4.35. The molecule has 2 aromatic carbocycles. The first-order chi connectivity index (χ1) is 16.9. The molecule has 0 amide bonds. The zero-order valence-corrected chi connectivity index (χ0v) is 19.7. The van der Waals surface area contributed by atoms with Crippen molar-refractivity contribution in [1.29, 1.82) is 0 Å². The summed E-state index contributed by atoms with van der Waals surface area (Å²) in [5, 5.41) is 18.3. The third-order valence-electron chi connectivity index (χ3n) is 5.77. The van der Waals surface area contributed by atoms with Crippen LogP contribution in [0.2, 0.25) is 0 Å². The smallest absolute Gasteiger partial charge is 0.258 e. The average molecular weight is 493 g/mol. The molecule has 8 nitrogen and oxygen atoms in total. The Morgan fingerprint density at radius 3 is 2.77 bits per heavy atom. The molecule has 0 radical (unpaired) electrons. The summed E-state index contributed by atoms with van der Waals surface area (Å²) in [4.78, 5) is 6.43. The minimum atomic E-state index is -0.507. The van der Waals surface area contributed by atoms with Crippen LogP contribution in [0.15, 0.2) is 75.5 Å². The number of benzene rings is 2. The molecule has 178 valence electrons. The van der Waals surface area contributed by atoms with E-state index in [0.717, 1.165) is 11.5 Å². The minimum Gasteiger partial charge on any atom is -0.504 e. The number of hydrogen-bond donors (Lipinski definition) is 2. The SMILES string of the molecule is COc1ccc(C2NC(=S)N(Cc3ccco3)C(C)=C2c2nc(-c3cccc(F)c3)no2)cc1O. The van der Waals surface area contributed by atoms with E-state index in [0.29, 0.717) is 34.1 Å². The van der Waals surface area contributed by atoms with Gasteiger partial charge in [0.05, 0.1) is 31.5 Å². The van der Waals surface area contributed by atoms with Crippen LogP contribution in [0.1, 0.15) is 30.2 Å². The molecule has 2 N–H and O–H groups in total. The molecule has 0 bridgehead atoms. The van der Waals surface area contributed by atoms with E-state index in [2.05, 4.69) is 15.5 Å². The summed E-state index contributed by atoms with van der Waals surface area (Å²) in [6.45, 7) is 2.29. The van der Waals surface area contributed by atoms with Crippen LogP contribution in [0, 0.1) is 5.82 Å². The largest absolute Gasteiger partial charge is 0.504 e. The van der Waals surface area contributed by atoms with Gasteiger partial charge in [-0.2, -0.15) is 4.98 Å². The highest BCUT2D eigenvalue weighted by Crippen LogP contribution is 2.40. The van der Waals surface area contributed by atoms with Crippen molar-refractivity contribution in [1.82, 2.24) is 20.4 Å². The van der Waals surface area contributed by atoms with E-state index < -0.39 is 11.9 Å². The number of furan rings is 1. The molecule has 3 heterocycles. The molecule has 1 atom stereocenters. The summed E-state index contributed by atoms with van der Waals surface area (Å²) < 4.78 is 30.1. The number of aromatic hydroxyl groups is 1. The van der Waals surface area contributed by atoms with Gasteiger partial charge in [0.15, 0.2) is 16.6 Å². The van der Waals surface area contributed by atoms with Gasteiger partial charge in [0.1, 0.15) is 11.6 Å². The molecule has 10 heteroatoms. The lowest BCUT2D eigenvalue weighted by Crippen LogP contribution is -2.45. The summed E-state index contributed by atoms with van der Waals surface area (Å²) in [6.07, 6.45) is 1.60. The molecule has 0 saturated heterocycles. The van der Waals surface area contributed by atoms with E-state index in [4.69, 9.17) is 25.9 Å². The Morgan fingerprint density at radius 2 is 2.06 bits per heavy atom. The molecular weight excluding hydrogens is 471 g/mol. The molecule has 0 saturated carbocycles. The van der Waals surface area contributed by atoms with Gasteiger partial charge in [-0.1, -0.05) is 23.4 Å². The number of allylic oxidation sites excluding steroid dienone is 1. The fourth-order valence-electron chi connectivity index (χ4n) is 4.02. The third-order valence-corrected chi connectivity index (χ3v) is 6.10. The highest BCUT2D eigenvalue weighted by Gasteiger charge is 2.34. The van der Waals surface area contributed by atoms with E-state index in [1.165, 1.54) is 19.2 Å². The van der Waals surface area contributed by atoms with Crippen molar-refractivity contribution < 1.29 is 23.2 Å². The Bertz CT molecular complexity index is 1420. The van der Waals surface area contributed by atoms with E-state index in [9.17, 15) is 9.50 Å². The molecule has 0 aliphatic carbocycles. The number of hydrogen-bond acceptors (Lipinski definition) is 7. The van der Waals surface area contributed by atoms with Gasteiger partial charge in [0.2, 0.25) is 5.82 Å². The van der Waals surface area contributed by atoms with E-state index in [1.54, 1.807) is 30.5 Å². The zero-order chi connectivity index (χ0) is 24.5.